The Hall–Kier alpha value is -2.48. The third-order valence-electron chi connectivity index (χ3n) is 4.13. The van der Waals surface area contributed by atoms with E-state index in [-0.39, 0.29) is 0 Å². The number of hydrogen-bond donors (Lipinski definition) is 1. The maximum atomic E-state index is 5.19. The topological polar surface area (TPSA) is 25.0 Å². The Bertz CT molecular complexity index is 796. The number of aromatic amines is 1. The van der Waals surface area contributed by atoms with Crippen LogP contribution in [0.1, 0.15) is 29.5 Å². The molecule has 0 spiro atoms. The molecule has 0 fully saturated rings. The van der Waals surface area contributed by atoms with Gasteiger partial charge in [-0.2, -0.15) is 0 Å². The number of allylic oxidation sites excluding steroid dienone is 1. The minimum absolute atomic E-state index is 0.358. The van der Waals surface area contributed by atoms with Crippen molar-refractivity contribution in [2.75, 3.05) is 7.11 Å². The van der Waals surface area contributed by atoms with Crippen LogP contribution in [-0.4, -0.2) is 12.1 Å². The average Bonchev–Trinajstić information content (AvgIpc) is 2.98. The van der Waals surface area contributed by atoms with E-state index in [0.717, 1.165) is 5.75 Å². The number of aryl methyl sites for hydroxylation is 1. The van der Waals surface area contributed by atoms with Crippen LogP contribution in [0.3, 0.4) is 0 Å². The molecule has 2 aromatic carbocycles. The van der Waals surface area contributed by atoms with E-state index in [4.69, 9.17) is 4.74 Å². The molecule has 0 radical (unpaired) electrons. The normalized spacial score (nSPS) is 12.9. The van der Waals surface area contributed by atoms with Crippen LogP contribution in [0, 0.1) is 6.92 Å². The molecule has 0 aliphatic heterocycles. The fraction of sp³-hybridized carbons (Fsp3) is 0.200. The van der Waals surface area contributed by atoms with Gasteiger partial charge < -0.3 is 9.72 Å². The third-order valence-corrected chi connectivity index (χ3v) is 4.13. The lowest BCUT2D eigenvalue weighted by atomic mass is 9.97. The highest BCUT2D eigenvalue weighted by atomic mass is 16.5. The maximum absolute atomic E-state index is 5.19. The maximum Gasteiger partial charge on any atom is 0.118 e. The number of benzene rings is 2. The average molecular weight is 291 g/mol. The minimum Gasteiger partial charge on any atom is -0.497 e. The van der Waals surface area contributed by atoms with E-state index in [1.807, 2.05) is 12.1 Å². The molecule has 1 heterocycles. The first kappa shape index (κ1) is 14.5. The van der Waals surface area contributed by atoms with Gasteiger partial charge in [-0.1, -0.05) is 43.3 Å². The van der Waals surface area contributed by atoms with Crippen molar-refractivity contribution in [1.29, 1.82) is 0 Å². The summed E-state index contributed by atoms with van der Waals surface area (Å²) in [5.41, 5.74) is 5.06. The van der Waals surface area contributed by atoms with Crippen LogP contribution in [-0.2, 0) is 0 Å². The number of H-pyrrole nitrogens is 1. The van der Waals surface area contributed by atoms with Gasteiger partial charge in [-0.3, -0.25) is 0 Å². The lowest BCUT2D eigenvalue weighted by Crippen LogP contribution is -1.88. The number of nitrogens with one attached hydrogen (secondary N) is 1. The standard InChI is InChI=1S/C20H21NO/c1-14(7-8-16-9-11-17(22-3)12-10-16)18-13-21-19-6-4-5-15(2)20(18)19/h4-14,21H,1-3H3/b8-7+/t14-/m0/s1. The Balaban J connectivity index is 1.86. The van der Waals surface area contributed by atoms with Crippen LogP contribution in [0.5, 0.6) is 5.75 Å². The summed E-state index contributed by atoms with van der Waals surface area (Å²) < 4.78 is 5.19. The summed E-state index contributed by atoms with van der Waals surface area (Å²) in [5.74, 6) is 1.24. The van der Waals surface area contributed by atoms with Gasteiger partial charge in [-0.25, -0.2) is 0 Å². The lowest BCUT2D eigenvalue weighted by Gasteiger charge is -2.07. The smallest absolute Gasteiger partial charge is 0.118 e. The van der Waals surface area contributed by atoms with Crippen LogP contribution in [0.15, 0.2) is 54.7 Å². The van der Waals surface area contributed by atoms with E-state index in [0.29, 0.717) is 5.92 Å². The summed E-state index contributed by atoms with van der Waals surface area (Å²) >= 11 is 0. The van der Waals surface area contributed by atoms with E-state index >= 15 is 0 Å². The van der Waals surface area contributed by atoms with Gasteiger partial charge in [0.25, 0.3) is 0 Å². The van der Waals surface area contributed by atoms with Gasteiger partial charge in [0.15, 0.2) is 0 Å². The lowest BCUT2D eigenvalue weighted by molar-refractivity contribution is 0.415. The number of ether oxygens (including phenoxy) is 1. The van der Waals surface area contributed by atoms with Crippen molar-refractivity contribution >= 4 is 17.0 Å². The van der Waals surface area contributed by atoms with Gasteiger partial charge in [0.1, 0.15) is 5.75 Å². The quantitative estimate of drug-likeness (QED) is 0.693. The van der Waals surface area contributed by atoms with Gasteiger partial charge in [-0.15, -0.1) is 0 Å². The molecule has 3 aromatic rings. The van der Waals surface area contributed by atoms with Crippen molar-refractivity contribution in [3.8, 4) is 5.75 Å². The van der Waals surface area contributed by atoms with Crippen molar-refractivity contribution in [2.45, 2.75) is 19.8 Å². The zero-order valence-corrected chi connectivity index (χ0v) is 13.3. The molecule has 2 nitrogen and oxygen atoms in total. The molecule has 0 amide bonds. The molecule has 1 N–H and O–H groups in total. The highest BCUT2D eigenvalue weighted by Crippen LogP contribution is 2.29. The molecule has 0 saturated heterocycles. The molecule has 0 bridgehead atoms. The summed E-state index contributed by atoms with van der Waals surface area (Å²) in [6.07, 6.45) is 6.54. The van der Waals surface area contributed by atoms with Crippen LogP contribution in [0.25, 0.3) is 17.0 Å². The van der Waals surface area contributed by atoms with Gasteiger partial charge in [-0.05, 0) is 41.8 Å². The van der Waals surface area contributed by atoms with Crippen molar-refractivity contribution in [1.82, 2.24) is 4.98 Å². The Morgan fingerprint density at radius 1 is 1.09 bits per heavy atom. The molecular formula is C20H21NO. The van der Waals surface area contributed by atoms with Gasteiger partial charge in [0.2, 0.25) is 0 Å². The second kappa shape index (κ2) is 6.10. The molecule has 0 unspecified atom stereocenters. The summed E-state index contributed by atoms with van der Waals surface area (Å²) in [7, 11) is 1.69. The first-order valence-corrected chi connectivity index (χ1v) is 7.58. The molecule has 22 heavy (non-hydrogen) atoms. The predicted octanol–water partition coefficient (Wildman–Crippen LogP) is 5.30. The molecule has 3 rings (SSSR count). The molecule has 1 aromatic heterocycles. The molecule has 2 heteroatoms. The van der Waals surface area contributed by atoms with Crippen LogP contribution in [0.4, 0.5) is 0 Å². The van der Waals surface area contributed by atoms with E-state index < -0.39 is 0 Å². The molecule has 112 valence electrons. The number of fused-ring (bicyclic) bond motifs is 1. The first-order chi connectivity index (χ1) is 10.7. The third kappa shape index (κ3) is 2.77. The highest BCUT2D eigenvalue weighted by molar-refractivity contribution is 5.87. The van der Waals surface area contributed by atoms with E-state index in [9.17, 15) is 0 Å². The van der Waals surface area contributed by atoms with Crippen molar-refractivity contribution < 1.29 is 4.74 Å². The summed E-state index contributed by atoms with van der Waals surface area (Å²) in [4.78, 5) is 3.37. The largest absolute Gasteiger partial charge is 0.497 e. The Morgan fingerprint density at radius 3 is 2.59 bits per heavy atom. The summed E-state index contributed by atoms with van der Waals surface area (Å²) in [6, 6.07) is 14.5. The Labute approximate surface area is 131 Å². The molecule has 0 saturated carbocycles. The zero-order valence-electron chi connectivity index (χ0n) is 13.3. The van der Waals surface area contributed by atoms with E-state index in [1.165, 1.54) is 27.6 Å². The number of aromatic nitrogens is 1. The fourth-order valence-corrected chi connectivity index (χ4v) is 2.83. The zero-order chi connectivity index (χ0) is 15.5. The van der Waals surface area contributed by atoms with E-state index in [1.54, 1.807) is 7.11 Å². The second-order valence-electron chi connectivity index (χ2n) is 5.66. The number of hydrogen-bond acceptors (Lipinski definition) is 1. The molecule has 0 aliphatic carbocycles. The monoisotopic (exact) mass is 291 g/mol. The van der Waals surface area contributed by atoms with Crippen molar-refractivity contribution in [3.63, 3.8) is 0 Å². The highest BCUT2D eigenvalue weighted by Gasteiger charge is 2.10. The SMILES string of the molecule is COc1ccc(/C=C/[C@H](C)c2c[nH]c3cccc(C)c23)cc1. The van der Waals surface area contributed by atoms with Crippen LogP contribution < -0.4 is 4.74 Å². The Morgan fingerprint density at radius 2 is 1.86 bits per heavy atom. The number of methoxy groups -OCH3 is 1. The van der Waals surface area contributed by atoms with Crippen LogP contribution >= 0.6 is 0 Å². The summed E-state index contributed by atoms with van der Waals surface area (Å²) in [6.45, 7) is 4.40. The fourth-order valence-electron chi connectivity index (χ4n) is 2.83. The van der Waals surface area contributed by atoms with Crippen molar-refractivity contribution in [2.24, 2.45) is 0 Å². The summed E-state index contributed by atoms with van der Waals surface area (Å²) in [5, 5.41) is 1.34. The molecule has 1 atom stereocenters. The van der Waals surface area contributed by atoms with Gasteiger partial charge in [0.05, 0.1) is 7.11 Å². The van der Waals surface area contributed by atoms with Crippen LogP contribution in [0.2, 0.25) is 0 Å². The molecule has 0 aliphatic rings. The van der Waals surface area contributed by atoms with Crippen molar-refractivity contribution in [3.05, 3.63) is 71.4 Å². The van der Waals surface area contributed by atoms with Gasteiger partial charge >= 0.3 is 0 Å². The first-order valence-electron chi connectivity index (χ1n) is 7.58. The predicted molar refractivity (Wildman–Crippen MR) is 93.5 cm³/mol. The van der Waals surface area contributed by atoms with E-state index in [2.05, 4.69) is 67.5 Å². The Kier molecular flexibility index (Phi) is 4.01. The number of rotatable bonds is 4. The van der Waals surface area contributed by atoms with Gasteiger partial charge in [0, 0.05) is 23.0 Å². The molecular weight excluding hydrogens is 270 g/mol. The minimum atomic E-state index is 0.358. The second-order valence-corrected chi connectivity index (χ2v) is 5.66.